The number of hydrogen-bond acceptors (Lipinski definition) is 5. The summed E-state index contributed by atoms with van der Waals surface area (Å²) < 4.78 is 7.20. The van der Waals surface area contributed by atoms with Crippen molar-refractivity contribution in [1.29, 1.82) is 0 Å². The second kappa shape index (κ2) is 6.44. The molecule has 0 unspecified atom stereocenters. The molecule has 0 bridgehead atoms. The zero-order chi connectivity index (χ0) is 15.6. The van der Waals surface area contributed by atoms with Gasteiger partial charge in [0.25, 0.3) is 5.91 Å². The smallest absolute Gasteiger partial charge is 0.263 e. The molecule has 0 atom stereocenters. The zero-order valence-corrected chi connectivity index (χ0v) is 13.7. The van der Waals surface area contributed by atoms with Gasteiger partial charge in [0, 0.05) is 20.2 Å². The minimum Gasteiger partial charge on any atom is -0.397 e. The van der Waals surface area contributed by atoms with E-state index in [0.717, 1.165) is 15.9 Å². The first-order chi connectivity index (χ1) is 9.91. The zero-order valence-electron chi connectivity index (χ0n) is 12.9. The number of nitrogen functional groups attached to an aromatic ring is 1. The SMILES string of the molecule is Cc1nn(C)c2sc(C(=O)NCCOCC(C)C)c(N)c12. The second-order valence-corrected chi connectivity index (χ2v) is 6.46. The van der Waals surface area contributed by atoms with Crippen LogP contribution in [0.3, 0.4) is 0 Å². The molecule has 7 heteroatoms. The third kappa shape index (κ3) is 3.36. The number of carbonyl (C=O) groups excluding carboxylic acids is 1. The number of thiophene rings is 1. The summed E-state index contributed by atoms with van der Waals surface area (Å²) in [5, 5.41) is 8.03. The molecule has 0 fully saturated rings. The van der Waals surface area contributed by atoms with Crippen molar-refractivity contribution in [3.05, 3.63) is 10.6 Å². The van der Waals surface area contributed by atoms with Gasteiger partial charge in [0.2, 0.25) is 0 Å². The van der Waals surface area contributed by atoms with Gasteiger partial charge in [-0.1, -0.05) is 13.8 Å². The summed E-state index contributed by atoms with van der Waals surface area (Å²) in [4.78, 5) is 13.7. The summed E-state index contributed by atoms with van der Waals surface area (Å²) in [6.45, 7) is 7.77. The summed E-state index contributed by atoms with van der Waals surface area (Å²) in [7, 11) is 1.85. The highest BCUT2D eigenvalue weighted by Gasteiger charge is 2.20. The Hall–Kier alpha value is -1.60. The Kier molecular flexibility index (Phi) is 4.84. The van der Waals surface area contributed by atoms with Crippen molar-refractivity contribution >= 4 is 33.1 Å². The molecule has 2 aromatic heterocycles. The van der Waals surface area contributed by atoms with Crippen molar-refractivity contribution in [1.82, 2.24) is 15.1 Å². The van der Waals surface area contributed by atoms with Gasteiger partial charge in [0.05, 0.1) is 23.4 Å². The van der Waals surface area contributed by atoms with E-state index in [9.17, 15) is 4.79 Å². The molecule has 6 nitrogen and oxygen atoms in total. The lowest BCUT2D eigenvalue weighted by molar-refractivity contribution is 0.0890. The van der Waals surface area contributed by atoms with E-state index < -0.39 is 0 Å². The first-order valence-corrected chi connectivity index (χ1v) is 7.81. The standard InChI is InChI=1S/C14H22N4O2S/c1-8(2)7-20-6-5-16-13(19)12-11(15)10-9(3)17-18(4)14(10)21-12/h8H,5-7,15H2,1-4H3,(H,16,19). The lowest BCUT2D eigenvalue weighted by Gasteiger charge is -2.07. The fourth-order valence-electron chi connectivity index (χ4n) is 2.13. The lowest BCUT2D eigenvalue weighted by Crippen LogP contribution is -2.27. The van der Waals surface area contributed by atoms with Gasteiger partial charge in [-0.3, -0.25) is 9.48 Å². The van der Waals surface area contributed by atoms with E-state index in [4.69, 9.17) is 10.5 Å². The van der Waals surface area contributed by atoms with Gasteiger partial charge in [0.15, 0.2) is 0 Å². The topological polar surface area (TPSA) is 82.2 Å². The number of ether oxygens (including phenoxy) is 1. The van der Waals surface area contributed by atoms with Crippen molar-refractivity contribution < 1.29 is 9.53 Å². The predicted octanol–water partition coefficient (Wildman–Crippen LogP) is 1.93. The molecule has 0 aromatic carbocycles. The maximum absolute atomic E-state index is 12.2. The van der Waals surface area contributed by atoms with Crippen molar-refractivity contribution in [2.45, 2.75) is 20.8 Å². The van der Waals surface area contributed by atoms with Crippen molar-refractivity contribution in [2.75, 3.05) is 25.5 Å². The molecule has 2 heterocycles. The summed E-state index contributed by atoms with van der Waals surface area (Å²) in [5.74, 6) is 0.343. The summed E-state index contributed by atoms with van der Waals surface area (Å²) in [5.41, 5.74) is 7.45. The molecule has 0 aliphatic rings. The van der Waals surface area contributed by atoms with Gasteiger partial charge in [-0.15, -0.1) is 11.3 Å². The number of hydrogen-bond donors (Lipinski definition) is 2. The Morgan fingerprint density at radius 1 is 1.52 bits per heavy atom. The molecule has 0 saturated heterocycles. The van der Waals surface area contributed by atoms with E-state index in [1.807, 2.05) is 14.0 Å². The van der Waals surface area contributed by atoms with Crippen LogP contribution in [0.4, 0.5) is 5.69 Å². The Morgan fingerprint density at radius 3 is 2.86 bits per heavy atom. The van der Waals surface area contributed by atoms with Crippen LogP contribution in [0, 0.1) is 12.8 Å². The van der Waals surface area contributed by atoms with Crippen LogP contribution in [0.5, 0.6) is 0 Å². The average molecular weight is 310 g/mol. The van der Waals surface area contributed by atoms with Crippen LogP contribution in [-0.4, -0.2) is 35.4 Å². The van der Waals surface area contributed by atoms with Crippen LogP contribution in [0.2, 0.25) is 0 Å². The highest BCUT2D eigenvalue weighted by atomic mass is 32.1. The molecule has 2 rings (SSSR count). The van der Waals surface area contributed by atoms with Crippen molar-refractivity contribution in [2.24, 2.45) is 13.0 Å². The summed E-state index contributed by atoms with van der Waals surface area (Å²) in [6, 6.07) is 0. The number of nitrogens with two attached hydrogens (primary N) is 1. The number of nitrogens with zero attached hydrogens (tertiary/aromatic N) is 2. The van der Waals surface area contributed by atoms with Crippen LogP contribution >= 0.6 is 11.3 Å². The molecule has 2 aromatic rings. The van der Waals surface area contributed by atoms with Gasteiger partial charge in [-0.25, -0.2) is 0 Å². The second-order valence-electron chi connectivity index (χ2n) is 5.46. The van der Waals surface area contributed by atoms with Gasteiger partial charge >= 0.3 is 0 Å². The first-order valence-electron chi connectivity index (χ1n) is 6.99. The number of nitrogens with one attached hydrogen (secondary N) is 1. The average Bonchev–Trinajstić information content (AvgIpc) is 2.88. The van der Waals surface area contributed by atoms with Gasteiger partial charge in [0.1, 0.15) is 9.71 Å². The van der Waals surface area contributed by atoms with E-state index in [0.29, 0.717) is 36.2 Å². The molecule has 0 saturated carbocycles. The van der Waals surface area contributed by atoms with Crippen molar-refractivity contribution in [3.63, 3.8) is 0 Å². The highest BCUT2D eigenvalue weighted by Crippen LogP contribution is 2.35. The monoisotopic (exact) mass is 310 g/mol. The number of amides is 1. The minimum absolute atomic E-state index is 0.152. The third-order valence-corrected chi connectivity index (χ3v) is 4.34. The number of rotatable bonds is 6. The van der Waals surface area contributed by atoms with E-state index >= 15 is 0 Å². The number of fused-ring (bicyclic) bond motifs is 1. The first kappa shape index (κ1) is 15.8. The molecular weight excluding hydrogens is 288 g/mol. The Bertz CT molecular complexity index is 645. The van der Waals surface area contributed by atoms with Gasteiger partial charge in [-0.2, -0.15) is 5.10 Å². The third-order valence-electron chi connectivity index (χ3n) is 3.07. The maximum atomic E-state index is 12.2. The quantitative estimate of drug-likeness (QED) is 0.799. The fraction of sp³-hybridized carbons (Fsp3) is 0.571. The minimum atomic E-state index is -0.152. The number of aryl methyl sites for hydroxylation is 2. The van der Waals surface area contributed by atoms with E-state index in [1.165, 1.54) is 11.3 Å². The molecule has 3 N–H and O–H groups in total. The van der Waals surface area contributed by atoms with Crippen LogP contribution in [0.1, 0.15) is 29.2 Å². The molecule has 0 aliphatic heterocycles. The van der Waals surface area contributed by atoms with E-state index in [-0.39, 0.29) is 5.91 Å². The highest BCUT2D eigenvalue weighted by molar-refractivity contribution is 7.21. The Balaban J connectivity index is 2.00. The number of aromatic nitrogens is 2. The molecular formula is C14H22N4O2S. The van der Waals surface area contributed by atoms with Crippen LogP contribution < -0.4 is 11.1 Å². The van der Waals surface area contributed by atoms with Crippen molar-refractivity contribution in [3.8, 4) is 0 Å². The largest absolute Gasteiger partial charge is 0.397 e. The summed E-state index contributed by atoms with van der Waals surface area (Å²) in [6.07, 6.45) is 0. The normalized spacial score (nSPS) is 11.5. The molecule has 0 radical (unpaired) electrons. The number of carbonyl (C=O) groups is 1. The van der Waals surface area contributed by atoms with Crippen LogP contribution in [0.15, 0.2) is 0 Å². The molecule has 0 spiro atoms. The molecule has 116 valence electrons. The number of anilines is 1. The predicted molar refractivity (Wildman–Crippen MR) is 85.7 cm³/mol. The van der Waals surface area contributed by atoms with Crippen LogP contribution in [0.25, 0.3) is 10.2 Å². The molecule has 1 amide bonds. The van der Waals surface area contributed by atoms with Gasteiger partial charge < -0.3 is 15.8 Å². The Labute approximate surface area is 128 Å². The maximum Gasteiger partial charge on any atom is 0.263 e. The van der Waals surface area contributed by atoms with E-state index in [1.54, 1.807) is 4.68 Å². The summed E-state index contributed by atoms with van der Waals surface area (Å²) >= 11 is 1.37. The van der Waals surface area contributed by atoms with Crippen LogP contribution in [-0.2, 0) is 11.8 Å². The fourth-order valence-corrected chi connectivity index (χ4v) is 3.24. The molecule has 21 heavy (non-hydrogen) atoms. The van der Waals surface area contributed by atoms with E-state index in [2.05, 4.69) is 24.3 Å². The lowest BCUT2D eigenvalue weighted by atomic mass is 10.2. The Morgan fingerprint density at radius 2 is 2.24 bits per heavy atom. The molecule has 0 aliphatic carbocycles. The van der Waals surface area contributed by atoms with Gasteiger partial charge in [-0.05, 0) is 12.8 Å².